The summed E-state index contributed by atoms with van der Waals surface area (Å²) in [5.74, 6) is -2.52. The molecule has 9 heteroatoms. The van der Waals surface area contributed by atoms with Crippen molar-refractivity contribution in [2.75, 3.05) is 0 Å². The van der Waals surface area contributed by atoms with Crippen LogP contribution < -0.4 is 5.73 Å². The van der Waals surface area contributed by atoms with Gasteiger partial charge in [-0.3, -0.25) is 4.79 Å². The Bertz CT molecular complexity index is 814. The van der Waals surface area contributed by atoms with Crippen LogP contribution in [0.3, 0.4) is 0 Å². The van der Waals surface area contributed by atoms with E-state index in [2.05, 4.69) is 0 Å². The lowest BCUT2D eigenvalue weighted by Gasteiger charge is -2.35. The Balaban J connectivity index is 3.01. The van der Waals surface area contributed by atoms with Crippen LogP contribution >= 0.6 is 0 Å². The molecule has 0 aromatic heterocycles. The minimum Gasteiger partial charge on any atom is -0.369 e. The van der Waals surface area contributed by atoms with E-state index >= 15 is 0 Å². The van der Waals surface area contributed by atoms with Gasteiger partial charge in [-0.1, -0.05) is 43.3 Å². The fourth-order valence-electron chi connectivity index (χ4n) is 3.00. The van der Waals surface area contributed by atoms with E-state index in [9.17, 15) is 36.2 Å². The van der Waals surface area contributed by atoms with Crippen molar-refractivity contribution in [1.29, 1.82) is 0 Å². The maximum Gasteiger partial charge on any atom is 0.430 e. The summed E-state index contributed by atoms with van der Waals surface area (Å²) in [5.41, 5.74) is -1.94. The van der Waals surface area contributed by atoms with Crippen molar-refractivity contribution in [3.05, 3.63) is 47.5 Å². The summed E-state index contributed by atoms with van der Waals surface area (Å²) in [6.45, 7) is 1.40. The van der Waals surface area contributed by atoms with Crippen LogP contribution in [0.4, 0.5) is 26.3 Å². The molecule has 0 radical (unpaired) electrons. The first-order chi connectivity index (χ1) is 11.9. The second-order valence-corrected chi connectivity index (χ2v) is 5.82. The summed E-state index contributed by atoms with van der Waals surface area (Å²) in [6.07, 6.45) is -12.3. The third kappa shape index (κ3) is 3.00. The number of benzene rings is 2. The minimum atomic E-state index is -6.06. The molecule has 0 saturated carbocycles. The molecule has 0 bridgehead atoms. The second-order valence-electron chi connectivity index (χ2n) is 5.82. The molecule has 1 atom stereocenters. The van der Waals surface area contributed by atoms with Crippen molar-refractivity contribution in [3.8, 4) is 0 Å². The van der Waals surface area contributed by atoms with Crippen molar-refractivity contribution in [2.24, 2.45) is 5.73 Å². The van der Waals surface area contributed by atoms with Crippen LogP contribution in [-0.2, 0) is 10.4 Å². The minimum absolute atomic E-state index is 0.0115. The average molecular weight is 379 g/mol. The van der Waals surface area contributed by atoms with Crippen molar-refractivity contribution in [3.63, 3.8) is 0 Å². The highest BCUT2D eigenvalue weighted by atomic mass is 19.4. The number of primary amides is 1. The Morgan fingerprint density at radius 1 is 1.04 bits per heavy atom. The molecule has 0 saturated heterocycles. The molecule has 1 unspecified atom stereocenters. The molecule has 0 aliphatic rings. The molecule has 1 amide bonds. The Morgan fingerprint density at radius 2 is 1.58 bits per heavy atom. The molecule has 26 heavy (non-hydrogen) atoms. The molecule has 2 aromatic rings. The number of carbonyl (C=O) groups excluding carboxylic acids is 1. The largest absolute Gasteiger partial charge is 0.430 e. The predicted molar refractivity (Wildman–Crippen MR) is 82.2 cm³/mol. The molecule has 3 N–H and O–H groups in total. The number of hydrogen-bond donors (Lipinski definition) is 2. The molecular weight excluding hydrogens is 364 g/mol. The van der Waals surface area contributed by atoms with Gasteiger partial charge in [0, 0.05) is 5.56 Å². The molecule has 0 spiro atoms. The summed E-state index contributed by atoms with van der Waals surface area (Å²) in [4.78, 5) is 11.7. The number of nitrogens with two attached hydrogens (primary N) is 1. The molecule has 2 rings (SSSR count). The fourth-order valence-corrected chi connectivity index (χ4v) is 3.00. The number of rotatable bonds is 4. The van der Waals surface area contributed by atoms with Crippen LogP contribution in [0.5, 0.6) is 0 Å². The number of amides is 1. The Kier molecular flexibility index (Phi) is 4.97. The zero-order valence-corrected chi connectivity index (χ0v) is 13.4. The quantitative estimate of drug-likeness (QED) is 0.785. The van der Waals surface area contributed by atoms with E-state index in [1.165, 1.54) is 31.2 Å². The molecule has 3 nitrogen and oxygen atoms in total. The number of halogens is 6. The van der Waals surface area contributed by atoms with E-state index in [0.717, 1.165) is 6.07 Å². The van der Waals surface area contributed by atoms with Gasteiger partial charge in [0.25, 0.3) is 5.60 Å². The highest BCUT2D eigenvalue weighted by Gasteiger charge is 2.72. The van der Waals surface area contributed by atoms with Crippen LogP contribution in [0, 0.1) is 0 Å². The lowest BCUT2D eigenvalue weighted by Crippen LogP contribution is -2.54. The summed E-state index contributed by atoms with van der Waals surface area (Å²) < 4.78 is 80.1. The average Bonchev–Trinajstić information content (AvgIpc) is 2.52. The van der Waals surface area contributed by atoms with E-state index in [0.29, 0.717) is 11.5 Å². The Hall–Kier alpha value is -2.29. The van der Waals surface area contributed by atoms with E-state index in [-0.39, 0.29) is 11.8 Å². The van der Waals surface area contributed by atoms with E-state index in [4.69, 9.17) is 5.73 Å². The van der Waals surface area contributed by atoms with Gasteiger partial charge in [0.1, 0.15) is 0 Å². The van der Waals surface area contributed by atoms with Gasteiger partial charge >= 0.3 is 12.4 Å². The van der Waals surface area contributed by atoms with Gasteiger partial charge in [-0.25, -0.2) is 0 Å². The first-order valence-corrected chi connectivity index (χ1v) is 7.53. The highest BCUT2D eigenvalue weighted by molar-refractivity contribution is 5.93. The fraction of sp³-hybridized carbons (Fsp3) is 0.353. The van der Waals surface area contributed by atoms with Gasteiger partial charge in [-0.15, -0.1) is 0 Å². The lowest BCUT2D eigenvalue weighted by atomic mass is 9.79. The zero-order valence-electron chi connectivity index (χ0n) is 13.4. The smallest absolute Gasteiger partial charge is 0.369 e. The van der Waals surface area contributed by atoms with Crippen LogP contribution in [0.25, 0.3) is 10.8 Å². The maximum absolute atomic E-state index is 13.3. The van der Waals surface area contributed by atoms with Gasteiger partial charge < -0.3 is 10.8 Å². The monoisotopic (exact) mass is 379 g/mol. The van der Waals surface area contributed by atoms with Crippen molar-refractivity contribution >= 4 is 16.7 Å². The maximum atomic E-state index is 13.3. The number of carbonyl (C=O) groups is 1. The molecule has 2 aromatic carbocycles. The van der Waals surface area contributed by atoms with Gasteiger partial charge in [-0.05, 0) is 22.8 Å². The Labute approximate surface area is 144 Å². The number of aliphatic hydroxyl groups is 1. The number of hydrogen-bond acceptors (Lipinski definition) is 2. The summed E-state index contributed by atoms with van der Waals surface area (Å²) >= 11 is 0. The first-order valence-electron chi connectivity index (χ1n) is 7.53. The SMILES string of the molecule is CCC(C(N)=O)c1c(C(O)(C(F)(F)F)C(F)(F)F)ccc2ccccc12. The molecule has 0 heterocycles. The van der Waals surface area contributed by atoms with Crippen LogP contribution in [0.15, 0.2) is 36.4 Å². The van der Waals surface area contributed by atoms with E-state index in [1.54, 1.807) is 0 Å². The van der Waals surface area contributed by atoms with Gasteiger partial charge in [0.15, 0.2) is 0 Å². The molecule has 0 fully saturated rings. The van der Waals surface area contributed by atoms with Gasteiger partial charge in [-0.2, -0.15) is 26.3 Å². The summed E-state index contributed by atoms with van der Waals surface area (Å²) in [6, 6.07) is 7.28. The van der Waals surface area contributed by atoms with Crippen molar-refractivity contribution in [2.45, 2.75) is 37.2 Å². The first kappa shape index (κ1) is 20.0. The topological polar surface area (TPSA) is 63.3 Å². The van der Waals surface area contributed by atoms with Crippen LogP contribution in [0.1, 0.15) is 30.4 Å². The zero-order chi connectivity index (χ0) is 19.9. The van der Waals surface area contributed by atoms with E-state index in [1.807, 2.05) is 0 Å². The predicted octanol–water partition coefficient (Wildman–Crippen LogP) is 4.13. The third-order valence-corrected chi connectivity index (χ3v) is 4.28. The van der Waals surface area contributed by atoms with E-state index < -0.39 is 40.9 Å². The standard InChI is InChI=1S/C17H15F6NO2/c1-2-10(14(24)25)13-11-6-4-3-5-9(11)7-8-12(13)15(26,16(18,19)20)17(21,22)23/h3-8,10,26H,2H2,1H3,(H2,24,25). The molecule has 0 aliphatic carbocycles. The summed E-state index contributed by atoms with van der Waals surface area (Å²) in [7, 11) is 0. The molecular formula is C17H15F6NO2. The summed E-state index contributed by atoms with van der Waals surface area (Å²) in [5, 5.41) is 10.1. The van der Waals surface area contributed by atoms with Crippen LogP contribution in [-0.4, -0.2) is 23.4 Å². The van der Waals surface area contributed by atoms with Gasteiger partial charge in [0.05, 0.1) is 5.92 Å². The van der Waals surface area contributed by atoms with Crippen LogP contribution in [0.2, 0.25) is 0 Å². The van der Waals surface area contributed by atoms with Crippen molar-refractivity contribution < 1.29 is 36.2 Å². The molecule has 142 valence electrons. The van der Waals surface area contributed by atoms with Gasteiger partial charge in [0.2, 0.25) is 5.91 Å². The number of alkyl halides is 6. The Morgan fingerprint density at radius 3 is 2.04 bits per heavy atom. The molecule has 0 aliphatic heterocycles. The number of fused-ring (bicyclic) bond motifs is 1. The normalized spacial score (nSPS) is 14.5. The third-order valence-electron chi connectivity index (χ3n) is 4.28. The highest BCUT2D eigenvalue weighted by Crippen LogP contribution is 2.52. The van der Waals surface area contributed by atoms with Crippen molar-refractivity contribution in [1.82, 2.24) is 0 Å². The lowest BCUT2D eigenvalue weighted by molar-refractivity contribution is -0.376. The second kappa shape index (κ2) is 6.46.